The molecule has 0 unspecified atom stereocenters. The minimum absolute atomic E-state index is 0.746. The molecule has 4 heteroatoms. The first kappa shape index (κ1) is 30.1. The first-order valence-corrected chi connectivity index (χ1v) is 17.6. The van der Waals surface area contributed by atoms with Crippen LogP contribution in [0.5, 0.6) is 11.5 Å². The molecule has 0 N–H and O–H groups in total. The molecule has 246 valence electrons. The molecule has 0 aliphatic rings. The molecule has 0 aliphatic heterocycles. The van der Waals surface area contributed by atoms with E-state index in [1.807, 2.05) is 36.7 Å². The molecule has 4 aromatic heterocycles. The predicted octanol–water partition coefficient (Wildman–Crippen LogP) is 12.7. The summed E-state index contributed by atoms with van der Waals surface area (Å²) in [6.07, 6.45) is 3.76. The Morgan fingerprint density at radius 1 is 0.462 bits per heavy atom. The molecule has 0 atom stereocenters. The van der Waals surface area contributed by atoms with Gasteiger partial charge in [0.2, 0.25) is 0 Å². The largest absolute Gasteiger partial charge is 0.457 e. The summed E-state index contributed by atoms with van der Waals surface area (Å²) in [6.45, 7) is 4.32. The number of aryl methyl sites for hydroxylation is 2. The van der Waals surface area contributed by atoms with Gasteiger partial charge < -0.3 is 9.14 Å². The summed E-state index contributed by atoms with van der Waals surface area (Å²) in [5, 5.41) is 4.85. The van der Waals surface area contributed by atoms with Crippen LogP contribution < -0.4 is 4.74 Å². The Labute approximate surface area is 301 Å². The number of aromatic nitrogens is 3. The molecule has 6 aromatic carbocycles. The maximum Gasteiger partial charge on any atom is 0.128 e. The van der Waals surface area contributed by atoms with Gasteiger partial charge in [-0.3, -0.25) is 9.97 Å². The number of para-hydroxylation sites is 1. The highest BCUT2D eigenvalue weighted by molar-refractivity contribution is 6.25. The predicted molar refractivity (Wildman–Crippen MR) is 214 cm³/mol. The lowest BCUT2D eigenvalue weighted by Gasteiger charge is -2.13. The number of benzene rings is 6. The number of ether oxygens (including phenoxy) is 1. The van der Waals surface area contributed by atoms with E-state index in [0.717, 1.165) is 50.5 Å². The van der Waals surface area contributed by atoms with Gasteiger partial charge in [0.1, 0.15) is 11.5 Å². The molecule has 10 aromatic rings. The molecule has 10 rings (SSSR count). The summed E-state index contributed by atoms with van der Waals surface area (Å²) in [7, 11) is 0. The zero-order valence-corrected chi connectivity index (χ0v) is 28.8. The van der Waals surface area contributed by atoms with Gasteiger partial charge in [-0.15, -0.1) is 0 Å². The second-order valence-corrected chi connectivity index (χ2v) is 13.5. The second kappa shape index (κ2) is 11.9. The van der Waals surface area contributed by atoms with Gasteiger partial charge in [0.05, 0.1) is 27.9 Å². The van der Waals surface area contributed by atoms with Crippen LogP contribution in [0.15, 0.2) is 164 Å². The third kappa shape index (κ3) is 4.84. The zero-order valence-electron chi connectivity index (χ0n) is 28.8. The molecule has 4 heterocycles. The normalized spacial score (nSPS) is 11.7. The van der Waals surface area contributed by atoms with Gasteiger partial charge >= 0.3 is 0 Å². The monoisotopic (exact) mass is 667 g/mol. The maximum absolute atomic E-state index is 6.68. The van der Waals surface area contributed by atoms with Crippen LogP contribution in [0.25, 0.3) is 82.9 Å². The van der Waals surface area contributed by atoms with E-state index in [-0.39, 0.29) is 0 Å². The first-order valence-electron chi connectivity index (χ1n) is 17.6. The van der Waals surface area contributed by atoms with Crippen molar-refractivity contribution in [1.29, 1.82) is 0 Å². The minimum Gasteiger partial charge on any atom is -0.457 e. The van der Waals surface area contributed by atoms with Gasteiger partial charge in [-0.05, 0) is 108 Å². The van der Waals surface area contributed by atoms with Crippen molar-refractivity contribution in [2.45, 2.75) is 13.8 Å². The van der Waals surface area contributed by atoms with Crippen LogP contribution in [-0.4, -0.2) is 14.4 Å². The van der Waals surface area contributed by atoms with E-state index < -0.39 is 0 Å². The molecule has 0 radical (unpaired) electrons. The van der Waals surface area contributed by atoms with Gasteiger partial charge in [0.25, 0.3) is 0 Å². The smallest absolute Gasteiger partial charge is 0.128 e. The van der Waals surface area contributed by atoms with Crippen LogP contribution in [0.3, 0.4) is 0 Å². The Hall–Kier alpha value is -6.78. The van der Waals surface area contributed by atoms with Crippen molar-refractivity contribution in [3.8, 4) is 56.3 Å². The van der Waals surface area contributed by atoms with Crippen LogP contribution in [0.4, 0.5) is 0 Å². The molecule has 0 saturated carbocycles. The fraction of sp³-hybridized carbons (Fsp3) is 0.0417. The summed E-state index contributed by atoms with van der Waals surface area (Å²) in [5.41, 5.74) is 14.7. The van der Waals surface area contributed by atoms with Crippen molar-refractivity contribution in [1.82, 2.24) is 14.4 Å². The SMILES string of the molecule is Cc1ccccc1-c1cc(Oc2cccc(-c3nccc4c3c3cccc5c6cc(-c7ccccc7C)ccc6n4c53)c2)cc(-c2ccccn2)c1. The van der Waals surface area contributed by atoms with Gasteiger partial charge in [0, 0.05) is 45.1 Å². The lowest BCUT2D eigenvalue weighted by Crippen LogP contribution is -1.91. The highest BCUT2D eigenvalue weighted by Gasteiger charge is 2.21. The van der Waals surface area contributed by atoms with Crippen molar-refractivity contribution in [3.63, 3.8) is 0 Å². The number of hydrogen-bond donors (Lipinski definition) is 0. The van der Waals surface area contributed by atoms with E-state index in [0.29, 0.717) is 0 Å². The van der Waals surface area contributed by atoms with Crippen molar-refractivity contribution in [3.05, 3.63) is 175 Å². The standard InChI is InChI=1S/C48H33N3O/c1-30-11-3-5-15-38(30)32-20-21-44-42(29-32)40-17-10-18-41-46-45(51(44)48(40)41)22-24-50-47(46)33-13-9-14-36(26-33)52-37-27-34(39-16-6-4-12-31(39)2)25-35(28-37)43-19-7-8-23-49-43/h3-29H,1-2H3. The average Bonchev–Trinajstić information content (AvgIpc) is 3.71. The highest BCUT2D eigenvalue weighted by Crippen LogP contribution is 2.43. The first-order chi connectivity index (χ1) is 25.6. The maximum atomic E-state index is 6.68. The number of hydrogen-bond acceptors (Lipinski definition) is 3. The Kier molecular flexibility index (Phi) is 6.90. The topological polar surface area (TPSA) is 39.4 Å². The van der Waals surface area contributed by atoms with Crippen molar-refractivity contribution >= 4 is 38.1 Å². The van der Waals surface area contributed by atoms with Gasteiger partial charge in [-0.2, -0.15) is 0 Å². The van der Waals surface area contributed by atoms with E-state index in [2.05, 4.69) is 151 Å². The zero-order chi connectivity index (χ0) is 34.8. The van der Waals surface area contributed by atoms with E-state index in [1.165, 1.54) is 55.0 Å². The molecule has 0 aliphatic carbocycles. The van der Waals surface area contributed by atoms with Gasteiger partial charge in [-0.1, -0.05) is 91.0 Å². The number of pyridine rings is 2. The molecule has 4 nitrogen and oxygen atoms in total. The summed E-state index contributed by atoms with van der Waals surface area (Å²) < 4.78 is 9.10. The van der Waals surface area contributed by atoms with Crippen LogP contribution in [0.2, 0.25) is 0 Å². The van der Waals surface area contributed by atoms with Crippen molar-refractivity contribution in [2.24, 2.45) is 0 Å². The number of nitrogens with zero attached hydrogens (tertiary/aromatic N) is 3. The van der Waals surface area contributed by atoms with Crippen LogP contribution in [0, 0.1) is 13.8 Å². The van der Waals surface area contributed by atoms with E-state index >= 15 is 0 Å². The lowest BCUT2D eigenvalue weighted by molar-refractivity contribution is 0.483. The van der Waals surface area contributed by atoms with Crippen LogP contribution in [-0.2, 0) is 0 Å². The van der Waals surface area contributed by atoms with E-state index in [1.54, 1.807) is 0 Å². The van der Waals surface area contributed by atoms with E-state index in [9.17, 15) is 0 Å². The van der Waals surface area contributed by atoms with E-state index in [4.69, 9.17) is 9.72 Å². The molecular weight excluding hydrogens is 635 g/mol. The quantitative estimate of drug-likeness (QED) is 0.177. The summed E-state index contributed by atoms with van der Waals surface area (Å²) in [4.78, 5) is 9.65. The molecule has 0 spiro atoms. The fourth-order valence-electron chi connectivity index (χ4n) is 7.94. The van der Waals surface area contributed by atoms with Crippen LogP contribution >= 0.6 is 0 Å². The number of fused-ring (bicyclic) bond motifs is 6. The Morgan fingerprint density at radius 2 is 1.19 bits per heavy atom. The van der Waals surface area contributed by atoms with Crippen molar-refractivity contribution < 1.29 is 4.74 Å². The summed E-state index contributed by atoms with van der Waals surface area (Å²) in [6, 6.07) is 53.4. The Balaban J connectivity index is 1.09. The van der Waals surface area contributed by atoms with Crippen molar-refractivity contribution in [2.75, 3.05) is 0 Å². The van der Waals surface area contributed by atoms with Gasteiger partial charge in [-0.25, -0.2) is 0 Å². The minimum atomic E-state index is 0.746. The molecule has 0 fully saturated rings. The summed E-state index contributed by atoms with van der Waals surface area (Å²) >= 11 is 0. The molecule has 52 heavy (non-hydrogen) atoms. The summed E-state index contributed by atoms with van der Waals surface area (Å²) in [5.74, 6) is 1.50. The molecular formula is C48H33N3O. The number of rotatable bonds is 6. The fourth-order valence-corrected chi connectivity index (χ4v) is 7.94. The third-order valence-electron chi connectivity index (χ3n) is 10.3. The lowest BCUT2D eigenvalue weighted by atomic mass is 9.97. The molecule has 0 amide bonds. The average molecular weight is 668 g/mol. The van der Waals surface area contributed by atoms with Gasteiger partial charge in [0.15, 0.2) is 0 Å². The Bertz CT molecular complexity index is 2960. The van der Waals surface area contributed by atoms with Crippen LogP contribution in [0.1, 0.15) is 11.1 Å². The third-order valence-corrected chi connectivity index (χ3v) is 10.3. The second-order valence-electron chi connectivity index (χ2n) is 13.5. The Morgan fingerprint density at radius 3 is 2.00 bits per heavy atom. The highest BCUT2D eigenvalue weighted by atomic mass is 16.5. The molecule has 0 saturated heterocycles. The molecule has 0 bridgehead atoms.